The molecule has 0 aliphatic carbocycles. The third kappa shape index (κ3) is 3.80. The van der Waals surface area contributed by atoms with Gasteiger partial charge in [0.05, 0.1) is 5.76 Å². The molecular weight excluding hydrogens is 308 g/mol. The molecule has 19 heavy (non-hydrogen) atoms. The Morgan fingerprint density at radius 1 is 1.47 bits per heavy atom. The first kappa shape index (κ1) is 14.1. The summed E-state index contributed by atoms with van der Waals surface area (Å²) < 4.78 is 6.00. The van der Waals surface area contributed by atoms with Gasteiger partial charge in [-0.1, -0.05) is 6.58 Å². The van der Waals surface area contributed by atoms with Crippen LogP contribution in [0, 0.1) is 0 Å². The summed E-state index contributed by atoms with van der Waals surface area (Å²) in [5, 5.41) is 0. The highest BCUT2D eigenvalue weighted by atomic mass is 79.9. The minimum atomic E-state index is -0.297. The summed E-state index contributed by atoms with van der Waals surface area (Å²) in [5.74, 6) is 0.851. The van der Waals surface area contributed by atoms with Crippen molar-refractivity contribution in [3.8, 4) is 0 Å². The molecular formula is C14H17BrN2O2. The molecule has 0 spiro atoms. The predicted molar refractivity (Wildman–Crippen MR) is 76.8 cm³/mol. The van der Waals surface area contributed by atoms with Crippen LogP contribution in [0.15, 0.2) is 35.1 Å². The molecule has 1 aromatic rings. The molecule has 0 saturated carbocycles. The number of allylic oxidation sites excluding steroid dienone is 1. The SMILES string of the molecule is C=C(C)OC(=O)N1CCC(c2ccc(Br)cn2)CC1. The van der Waals surface area contributed by atoms with E-state index < -0.39 is 0 Å². The summed E-state index contributed by atoms with van der Waals surface area (Å²) in [6.07, 6.45) is 3.35. The Morgan fingerprint density at radius 3 is 2.68 bits per heavy atom. The summed E-state index contributed by atoms with van der Waals surface area (Å²) in [4.78, 5) is 17.9. The van der Waals surface area contributed by atoms with Crippen LogP contribution < -0.4 is 0 Å². The molecule has 0 atom stereocenters. The second-order valence-corrected chi connectivity index (χ2v) is 5.65. The van der Waals surface area contributed by atoms with Gasteiger partial charge in [0.1, 0.15) is 0 Å². The molecule has 0 radical (unpaired) electrons. The first-order chi connectivity index (χ1) is 9.06. The van der Waals surface area contributed by atoms with Crippen molar-refractivity contribution < 1.29 is 9.53 Å². The first-order valence-corrected chi connectivity index (χ1v) is 7.09. The highest BCUT2D eigenvalue weighted by Crippen LogP contribution is 2.27. The third-order valence-corrected chi connectivity index (χ3v) is 3.65. The molecule has 0 bridgehead atoms. The molecule has 1 amide bonds. The van der Waals surface area contributed by atoms with Crippen molar-refractivity contribution in [2.24, 2.45) is 0 Å². The maximum Gasteiger partial charge on any atom is 0.414 e. The fourth-order valence-electron chi connectivity index (χ4n) is 2.20. The number of aromatic nitrogens is 1. The third-order valence-electron chi connectivity index (χ3n) is 3.18. The van der Waals surface area contributed by atoms with Gasteiger partial charge in [-0.25, -0.2) is 4.79 Å². The number of carbonyl (C=O) groups excluding carboxylic acids is 1. The minimum Gasteiger partial charge on any atom is -0.416 e. The number of likely N-dealkylation sites (tertiary alicyclic amines) is 1. The molecule has 1 aliphatic rings. The fourth-order valence-corrected chi connectivity index (χ4v) is 2.43. The van der Waals surface area contributed by atoms with Gasteiger partial charge in [0.15, 0.2) is 0 Å². The number of nitrogens with zero attached hydrogens (tertiary/aromatic N) is 2. The molecule has 4 nitrogen and oxygen atoms in total. The predicted octanol–water partition coefficient (Wildman–Crippen LogP) is 3.69. The van der Waals surface area contributed by atoms with Crippen LogP contribution in [0.4, 0.5) is 4.79 Å². The average Bonchev–Trinajstić information content (AvgIpc) is 2.39. The molecule has 1 aliphatic heterocycles. The largest absolute Gasteiger partial charge is 0.416 e. The van der Waals surface area contributed by atoms with Crippen LogP contribution in [0.3, 0.4) is 0 Å². The van der Waals surface area contributed by atoms with Crippen LogP contribution in [0.5, 0.6) is 0 Å². The summed E-state index contributed by atoms with van der Waals surface area (Å²) >= 11 is 3.38. The van der Waals surface area contributed by atoms with E-state index in [0.717, 1.165) is 23.0 Å². The number of ether oxygens (including phenoxy) is 1. The number of piperidine rings is 1. The maximum absolute atomic E-state index is 11.7. The van der Waals surface area contributed by atoms with Crippen molar-refractivity contribution in [3.63, 3.8) is 0 Å². The molecule has 0 aromatic carbocycles. The second kappa shape index (κ2) is 6.19. The minimum absolute atomic E-state index is 0.297. The van der Waals surface area contributed by atoms with Crippen molar-refractivity contribution in [1.82, 2.24) is 9.88 Å². The van der Waals surface area contributed by atoms with Crippen LogP contribution >= 0.6 is 15.9 Å². The molecule has 0 N–H and O–H groups in total. The van der Waals surface area contributed by atoms with Crippen molar-refractivity contribution in [2.45, 2.75) is 25.7 Å². The topological polar surface area (TPSA) is 42.4 Å². The zero-order valence-corrected chi connectivity index (χ0v) is 12.5. The van der Waals surface area contributed by atoms with Crippen LogP contribution in [-0.4, -0.2) is 29.1 Å². The van der Waals surface area contributed by atoms with Crippen molar-refractivity contribution in [2.75, 3.05) is 13.1 Å². The van der Waals surface area contributed by atoms with E-state index in [9.17, 15) is 4.79 Å². The number of hydrogen-bond donors (Lipinski definition) is 0. The second-order valence-electron chi connectivity index (χ2n) is 4.73. The first-order valence-electron chi connectivity index (χ1n) is 6.30. The monoisotopic (exact) mass is 324 g/mol. The van der Waals surface area contributed by atoms with E-state index >= 15 is 0 Å². The molecule has 102 valence electrons. The van der Waals surface area contributed by atoms with Gasteiger partial charge in [-0.2, -0.15) is 0 Å². The quantitative estimate of drug-likeness (QED) is 0.779. The molecule has 2 heterocycles. The van der Waals surface area contributed by atoms with Gasteiger partial charge in [-0.3, -0.25) is 4.98 Å². The van der Waals surface area contributed by atoms with E-state index in [-0.39, 0.29) is 6.09 Å². The van der Waals surface area contributed by atoms with Gasteiger partial charge < -0.3 is 9.64 Å². The van der Waals surface area contributed by atoms with Crippen molar-refractivity contribution in [1.29, 1.82) is 0 Å². The highest BCUT2D eigenvalue weighted by molar-refractivity contribution is 9.10. The van der Waals surface area contributed by atoms with Gasteiger partial charge in [0, 0.05) is 35.4 Å². The Hall–Kier alpha value is -1.36. The lowest BCUT2D eigenvalue weighted by Gasteiger charge is -2.30. The van der Waals surface area contributed by atoms with Gasteiger partial charge in [0.25, 0.3) is 0 Å². The van der Waals surface area contributed by atoms with Crippen LogP contribution in [0.2, 0.25) is 0 Å². The number of rotatable bonds is 2. The van der Waals surface area contributed by atoms with Gasteiger partial charge >= 0.3 is 6.09 Å². The summed E-state index contributed by atoms with van der Waals surface area (Å²) in [6, 6.07) is 4.04. The molecule has 5 heteroatoms. The lowest BCUT2D eigenvalue weighted by Crippen LogP contribution is -2.38. The Morgan fingerprint density at radius 2 is 2.16 bits per heavy atom. The fraction of sp³-hybridized carbons (Fsp3) is 0.429. The van der Waals surface area contributed by atoms with Crippen LogP contribution in [-0.2, 0) is 4.74 Å². The van der Waals surface area contributed by atoms with E-state index in [0.29, 0.717) is 24.8 Å². The zero-order chi connectivity index (χ0) is 13.8. The van der Waals surface area contributed by atoms with Crippen molar-refractivity contribution in [3.05, 3.63) is 40.8 Å². The Kier molecular flexibility index (Phi) is 4.58. The van der Waals surface area contributed by atoms with Gasteiger partial charge in [0.2, 0.25) is 0 Å². The smallest absolute Gasteiger partial charge is 0.414 e. The zero-order valence-electron chi connectivity index (χ0n) is 10.9. The van der Waals surface area contributed by atoms with E-state index in [1.54, 1.807) is 11.8 Å². The number of amides is 1. The molecule has 2 rings (SSSR count). The average molecular weight is 325 g/mol. The van der Waals surface area contributed by atoms with E-state index in [4.69, 9.17) is 4.74 Å². The standard InChI is InChI=1S/C14H17BrN2O2/c1-10(2)19-14(18)17-7-5-11(6-8-17)13-4-3-12(15)9-16-13/h3-4,9,11H,1,5-8H2,2H3. The van der Waals surface area contributed by atoms with E-state index in [1.165, 1.54) is 0 Å². The Balaban J connectivity index is 1.90. The number of halogens is 1. The van der Waals surface area contributed by atoms with E-state index in [1.807, 2.05) is 18.3 Å². The Labute approximate surface area is 121 Å². The number of carbonyl (C=O) groups is 1. The number of pyridine rings is 1. The molecule has 0 unspecified atom stereocenters. The van der Waals surface area contributed by atoms with Gasteiger partial charge in [-0.15, -0.1) is 0 Å². The van der Waals surface area contributed by atoms with Crippen LogP contribution in [0.1, 0.15) is 31.4 Å². The molecule has 1 aromatic heterocycles. The summed E-state index contributed by atoms with van der Waals surface area (Å²) in [6.45, 7) is 6.66. The van der Waals surface area contributed by atoms with E-state index in [2.05, 4.69) is 27.5 Å². The summed E-state index contributed by atoms with van der Waals surface area (Å²) in [5.41, 5.74) is 1.09. The maximum atomic E-state index is 11.7. The van der Waals surface area contributed by atoms with Crippen molar-refractivity contribution >= 4 is 22.0 Å². The lowest BCUT2D eigenvalue weighted by atomic mass is 9.93. The summed E-state index contributed by atoms with van der Waals surface area (Å²) in [7, 11) is 0. The molecule has 1 fully saturated rings. The lowest BCUT2D eigenvalue weighted by molar-refractivity contribution is 0.117. The highest BCUT2D eigenvalue weighted by Gasteiger charge is 2.25. The number of hydrogen-bond acceptors (Lipinski definition) is 3. The molecule has 1 saturated heterocycles. The normalized spacial score (nSPS) is 16.2. The Bertz CT molecular complexity index is 465. The van der Waals surface area contributed by atoms with Gasteiger partial charge in [-0.05, 0) is 47.8 Å². The van der Waals surface area contributed by atoms with Crippen LogP contribution in [0.25, 0.3) is 0 Å².